The van der Waals surface area contributed by atoms with E-state index in [-0.39, 0.29) is 24.4 Å². The van der Waals surface area contributed by atoms with E-state index in [9.17, 15) is 4.79 Å². The minimum Gasteiger partial charge on any atom is -0.375 e. The highest BCUT2D eigenvalue weighted by Gasteiger charge is 2.19. The molecule has 0 aliphatic carbocycles. The number of rotatable bonds is 4. The molecule has 1 aromatic rings. The van der Waals surface area contributed by atoms with Crippen LogP contribution in [0.25, 0.3) is 0 Å². The molecule has 0 radical (unpaired) electrons. The third kappa shape index (κ3) is 5.64. The fourth-order valence-corrected chi connectivity index (χ4v) is 2.42. The number of benzene rings is 1. The van der Waals surface area contributed by atoms with Crippen molar-refractivity contribution >= 4 is 41.5 Å². The fourth-order valence-electron chi connectivity index (χ4n) is 2.10. The van der Waals surface area contributed by atoms with Crippen LogP contribution < -0.4 is 5.32 Å². The summed E-state index contributed by atoms with van der Waals surface area (Å²) in [5.74, 6) is 0.0600. The van der Waals surface area contributed by atoms with Crippen molar-refractivity contribution in [3.63, 3.8) is 0 Å². The summed E-state index contributed by atoms with van der Waals surface area (Å²) in [6.45, 7) is 2.75. The lowest BCUT2D eigenvalue weighted by Crippen LogP contribution is -2.41. The number of amides is 1. The average molecular weight is 354 g/mol. The van der Waals surface area contributed by atoms with Gasteiger partial charge in [-0.3, -0.25) is 4.79 Å². The molecular formula is C14H19Cl3N2O2. The lowest BCUT2D eigenvalue weighted by atomic mass is 10.2. The van der Waals surface area contributed by atoms with E-state index < -0.39 is 0 Å². The predicted octanol–water partition coefficient (Wildman–Crippen LogP) is 2.75. The van der Waals surface area contributed by atoms with E-state index in [0.29, 0.717) is 29.6 Å². The van der Waals surface area contributed by atoms with Gasteiger partial charge in [0.05, 0.1) is 29.2 Å². The molecular weight excluding hydrogens is 335 g/mol. The van der Waals surface area contributed by atoms with Crippen LogP contribution in [-0.2, 0) is 16.1 Å². The van der Waals surface area contributed by atoms with E-state index in [2.05, 4.69) is 5.32 Å². The van der Waals surface area contributed by atoms with Crippen LogP contribution in [0, 0.1) is 0 Å². The fraction of sp³-hybridized carbons (Fsp3) is 0.500. The SMILES string of the molecule is CN(Cc1ccc(Cl)c(Cl)c1)C(=O)CC1CNCCO1.Cl. The lowest BCUT2D eigenvalue weighted by Gasteiger charge is -2.25. The summed E-state index contributed by atoms with van der Waals surface area (Å²) in [6.07, 6.45) is 0.359. The highest BCUT2D eigenvalue weighted by Crippen LogP contribution is 2.23. The normalized spacial score (nSPS) is 18.0. The maximum absolute atomic E-state index is 12.1. The van der Waals surface area contributed by atoms with Crippen molar-refractivity contribution in [2.45, 2.75) is 19.1 Å². The summed E-state index contributed by atoms with van der Waals surface area (Å²) < 4.78 is 5.54. The Bertz CT molecular complexity index is 479. The van der Waals surface area contributed by atoms with Crippen molar-refractivity contribution in [2.75, 3.05) is 26.7 Å². The Balaban J connectivity index is 0.00000220. The molecule has 0 saturated carbocycles. The van der Waals surface area contributed by atoms with E-state index in [0.717, 1.165) is 18.7 Å². The van der Waals surface area contributed by atoms with Gasteiger partial charge in [-0.1, -0.05) is 29.3 Å². The Kier molecular flexibility index (Phi) is 7.77. The predicted molar refractivity (Wildman–Crippen MR) is 87.4 cm³/mol. The smallest absolute Gasteiger partial charge is 0.225 e. The van der Waals surface area contributed by atoms with Gasteiger partial charge in [0.25, 0.3) is 0 Å². The van der Waals surface area contributed by atoms with Crippen LogP contribution in [0.4, 0.5) is 0 Å². The number of ether oxygens (including phenoxy) is 1. The van der Waals surface area contributed by atoms with Crippen LogP contribution in [0.1, 0.15) is 12.0 Å². The zero-order chi connectivity index (χ0) is 14.5. The van der Waals surface area contributed by atoms with E-state index in [1.165, 1.54) is 0 Å². The second kappa shape index (κ2) is 8.81. The molecule has 4 nitrogen and oxygen atoms in total. The molecule has 2 rings (SSSR count). The van der Waals surface area contributed by atoms with Gasteiger partial charge in [-0.05, 0) is 17.7 Å². The third-order valence-electron chi connectivity index (χ3n) is 3.24. The van der Waals surface area contributed by atoms with Gasteiger partial charge in [0.1, 0.15) is 0 Å². The first-order valence-corrected chi connectivity index (χ1v) is 7.32. The molecule has 1 heterocycles. The van der Waals surface area contributed by atoms with Crippen LogP contribution in [0.2, 0.25) is 10.0 Å². The van der Waals surface area contributed by atoms with Gasteiger partial charge >= 0.3 is 0 Å². The minimum atomic E-state index is -0.0347. The molecule has 1 atom stereocenters. The second-order valence-corrected chi connectivity index (χ2v) is 5.71. The van der Waals surface area contributed by atoms with Gasteiger partial charge in [0, 0.05) is 26.7 Å². The number of halogens is 3. The number of hydrogen-bond donors (Lipinski definition) is 1. The zero-order valence-electron chi connectivity index (χ0n) is 11.8. The zero-order valence-corrected chi connectivity index (χ0v) is 14.1. The van der Waals surface area contributed by atoms with Crippen molar-refractivity contribution in [3.8, 4) is 0 Å². The number of hydrogen-bond acceptors (Lipinski definition) is 3. The molecule has 7 heteroatoms. The van der Waals surface area contributed by atoms with Crippen LogP contribution >= 0.6 is 35.6 Å². The molecule has 1 aliphatic rings. The van der Waals surface area contributed by atoms with E-state index in [1.54, 1.807) is 24.1 Å². The van der Waals surface area contributed by atoms with Gasteiger partial charge in [0.2, 0.25) is 5.91 Å². The number of nitrogens with zero attached hydrogens (tertiary/aromatic N) is 1. The second-order valence-electron chi connectivity index (χ2n) is 4.90. The molecule has 1 aromatic carbocycles. The average Bonchev–Trinajstić information content (AvgIpc) is 2.44. The van der Waals surface area contributed by atoms with Crippen molar-refractivity contribution < 1.29 is 9.53 Å². The molecule has 1 unspecified atom stereocenters. The summed E-state index contributed by atoms with van der Waals surface area (Å²) in [7, 11) is 1.78. The first-order valence-electron chi connectivity index (χ1n) is 6.56. The Hall–Kier alpha value is -0.520. The molecule has 0 aromatic heterocycles. The summed E-state index contributed by atoms with van der Waals surface area (Å²) in [4.78, 5) is 13.8. The summed E-state index contributed by atoms with van der Waals surface area (Å²) in [5, 5.41) is 4.24. The molecule has 1 fully saturated rings. The Morgan fingerprint density at radius 1 is 1.43 bits per heavy atom. The quantitative estimate of drug-likeness (QED) is 0.905. The number of nitrogens with one attached hydrogen (secondary N) is 1. The van der Waals surface area contributed by atoms with Gasteiger partial charge in [-0.2, -0.15) is 0 Å². The first-order chi connectivity index (χ1) is 9.56. The Morgan fingerprint density at radius 2 is 2.19 bits per heavy atom. The van der Waals surface area contributed by atoms with Gasteiger partial charge in [-0.15, -0.1) is 12.4 Å². The van der Waals surface area contributed by atoms with Crippen LogP contribution in [-0.4, -0.2) is 43.7 Å². The number of carbonyl (C=O) groups is 1. The summed E-state index contributed by atoms with van der Waals surface area (Å²) >= 11 is 11.8. The maximum Gasteiger partial charge on any atom is 0.225 e. The van der Waals surface area contributed by atoms with E-state index >= 15 is 0 Å². The number of carbonyl (C=O) groups excluding carboxylic acids is 1. The van der Waals surface area contributed by atoms with Crippen LogP contribution in [0.5, 0.6) is 0 Å². The molecule has 1 N–H and O–H groups in total. The standard InChI is InChI=1S/C14H18Cl2N2O2.ClH/c1-18(9-10-2-3-12(15)13(16)6-10)14(19)7-11-8-17-4-5-20-11;/h2-3,6,11,17H,4-5,7-9H2,1H3;1H. The largest absolute Gasteiger partial charge is 0.375 e. The van der Waals surface area contributed by atoms with Crippen LogP contribution in [0.3, 0.4) is 0 Å². The van der Waals surface area contributed by atoms with Gasteiger partial charge < -0.3 is 15.0 Å². The van der Waals surface area contributed by atoms with Crippen molar-refractivity contribution in [1.82, 2.24) is 10.2 Å². The van der Waals surface area contributed by atoms with Gasteiger partial charge in [0.15, 0.2) is 0 Å². The van der Waals surface area contributed by atoms with E-state index in [1.807, 2.05) is 6.07 Å². The molecule has 1 amide bonds. The van der Waals surface area contributed by atoms with Gasteiger partial charge in [-0.25, -0.2) is 0 Å². The highest BCUT2D eigenvalue weighted by atomic mass is 35.5. The molecule has 21 heavy (non-hydrogen) atoms. The monoisotopic (exact) mass is 352 g/mol. The summed E-state index contributed by atoms with van der Waals surface area (Å²) in [6, 6.07) is 5.40. The molecule has 0 bridgehead atoms. The van der Waals surface area contributed by atoms with Crippen molar-refractivity contribution in [2.24, 2.45) is 0 Å². The first kappa shape index (κ1) is 18.5. The Labute approximate surface area is 141 Å². The molecule has 118 valence electrons. The van der Waals surface area contributed by atoms with E-state index in [4.69, 9.17) is 27.9 Å². The molecule has 1 saturated heterocycles. The number of morpholine rings is 1. The topological polar surface area (TPSA) is 41.6 Å². The maximum atomic E-state index is 12.1. The third-order valence-corrected chi connectivity index (χ3v) is 3.98. The minimum absolute atomic E-state index is 0. The summed E-state index contributed by atoms with van der Waals surface area (Å²) in [5.41, 5.74) is 0.956. The van der Waals surface area contributed by atoms with Crippen LogP contribution in [0.15, 0.2) is 18.2 Å². The lowest BCUT2D eigenvalue weighted by molar-refractivity contribution is -0.133. The molecule has 0 spiro atoms. The molecule has 1 aliphatic heterocycles. The van der Waals surface area contributed by atoms with Crippen molar-refractivity contribution in [3.05, 3.63) is 33.8 Å². The highest BCUT2D eigenvalue weighted by molar-refractivity contribution is 6.42. The van der Waals surface area contributed by atoms with Crippen molar-refractivity contribution in [1.29, 1.82) is 0 Å². The Morgan fingerprint density at radius 3 is 2.81 bits per heavy atom.